The topological polar surface area (TPSA) is 0 Å². The molecule has 1 saturated carbocycles. The summed E-state index contributed by atoms with van der Waals surface area (Å²) in [5.41, 5.74) is 2.03. The van der Waals surface area contributed by atoms with Gasteiger partial charge in [0, 0.05) is 0 Å². The number of hydrogen-bond donors (Lipinski definition) is 0. The first-order valence-electron chi connectivity index (χ1n) is 4.37. The molecule has 0 bridgehead atoms. The lowest BCUT2D eigenvalue weighted by molar-refractivity contribution is 0.272. The van der Waals surface area contributed by atoms with E-state index in [9.17, 15) is 0 Å². The molecule has 1 aliphatic carbocycles. The Hall–Kier alpha value is -0.780. The standard InChI is InChI=1S/C11H14/c1-11(8-5-9-11)10-6-3-2-4-7-10/h2-4,6-7H,5,8-9H2,1H3. The zero-order valence-electron chi connectivity index (χ0n) is 7.01. The van der Waals surface area contributed by atoms with E-state index >= 15 is 0 Å². The van der Waals surface area contributed by atoms with Gasteiger partial charge in [0.1, 0.15) is 0 Å². The van der Waals surface area contributed by atoms with Gasteiger partial charge in [-0.1, -0.05) is 43.7 Å². The molecule has 0 heterocycles. The van der Waals surface area contributed by atoms with Crippen molar-refractivity contribution in [1.29, 1.82) is 0 Å². The summed E-state index contributed by atoms with van der Waals surface area (Å²) in [6.45, 7) is 2.37. The normalized spacial score (nSPS) is 20.8. The van der Waals surface area contributed by atoms with Crippen LogP contribution in [0.1, 0.15) is 31.7 Å². The Balaban J connectivity index is 2.29. The van der Waals surface area contributed by atoms with Gasteiger partial charge in [-0.15, -0.1) is 0 Å². The molecule has 0 atom stereocenters. The van der Waals surface area contributed by atoms with Gasteiger partial charge in [-0.25, -0.2) is 0 Å². The summed E-state index contributed by atoms with van der Waals surface area (Å²) in [5.74, 6) is 0. The number of benzene rings is 1. The van der Waals surface area contributed by atoms with Crippen LogP contribution in [0.2, 0.25) is 0 Å². The first kappa shape index (κ1) is 6.90. The first-order chi connectivity index (χ1) is 5.31. The molecule has 0 N–H and O–H groups in total. The summed E-state index contributed by atoms with van der Waals surface area (Å²) < 4.78 is 0. The number of rotatable bonds is 1. The average Bonchev–Trinajstić information content (AvgIpc) is 2.02. The minimum Gasteiger partial charge on any atom is -0.0622 e. The third-order valence-corrected chi connectivity index (χ3v) is 2.93. The maximum atomic E-state index is 2.37. The molecule has 1 aromatic rings. The third kappa shape index (κ3) is 1.07. The summed E-state index contributed by atoms with van der Waals surface area (Å²) >= 11 is 0. The number of hydrogen-bond acceptors (Lipinski definition) is 0. The van der Waals surface area contributed by atoms with Gasteiger partial charge in [0.05, 0.1) is 0 Å². The lowest BCUT2D eigenvalue weighted by Crippen LogP contribution is -2.29. The predicted molar refractivity (Wildman–Crippen MR) is 47.6 cm³/mol. The molecule has 0 radical (unpaired) electrons. The maximum absolute atomic E-state index is 2.37. The zero-order chi connectivity index (χ0) is 7.73. The molecule has 58 valence electrons. The Kier molecular flexibility index (Phi) is 1.49. The minimum atomic E-state index is 0.515. The molecule has 11 heavy (non-hydrogen) atoms. The molecule has 1 aromatic carbocycles. The Morgan fingerprint density at radius 1 is 1.09 bits per heavy atom. The van der Waals surface area contributed by atoms with Gasteiger partial charge >= 0.3 is 0 Å². The van der Waals surface area contributed by atoms with Gasteiger partial charge in [-0.3, -0.25) is 0 Å². The highest BCUT2D eigenvalue weighted by molar-refractivity contribution is 5.26. The molecule has 0 spiro atoms. The fourth-order valence-corrected chi connectivity index (χ4v) is 1.84. The van der Waals surface area contributed by atoms with Crippen LogP contribution < -0.4 is 0 Å². The highest BCUT2D eigenvalue weighted by Crippen LogP contribution is 2.42. The van der Waals surface area contributed by atoms with Gasteiger partial charge in [-0.05, 0) is 23.8 Å². The van der Waals surface area contributed by atoms with Crippen molar-refractivity contribution in [2.45, 2.75) is 31.6 Å². The van der Waals surface area contributed by atoms with Crippen LogP contribution in [-0.2, 0) is 5.41 Å². The molecular formula is C11H14. The monoisotopic (exact) mass is 146 g/mol. The molecule has 0 aromatic heterocycles. The highest BCUT2D eigenvalue weighted by atomic mass is 14.4. The van der Waals surface area contributed by atoms with Crippen LogP contribution in [0, 0.1) is 0 Å². The molecule has 0 nitrogen and oxygen atoms in total. The fourth-order valence-electron chi connectivity index (χ4n) is 1.84. The van der Waals surface area contributed by atoms with Crippen molar-refractivity contribution in [3.05, 3.63) is 35.9 Å². The molecule has 1 fully saturated rings. The molecule has 0 amide bonds. The van der Waals surface area contributed by atoms with Crippen LogP contribution >= 0.6 is 0 Å². The summed E-state index contributed by atoms with van der Waals surface area (Å²) in [6.07, 6.45) is 4.15. The van der Waals surface area contributed by atoms with Crippen molar-refractivity contribution >= 4 is 0 Å². The van der Waals surface area contributed by atoms with Crippen LogP contribution in [0.15, 0.2) is 30.3 Å². The van der Waals surface area contributed by atoms with Crippen LogP contribution in [0.3, 0.4) is 0 Å². The second-order valence-electron chi connectivity index (χ2n) is 3.78. The zero-order valence-corrected chi connectivity index (χ0v) is 7.01. The van der Waals surface area contributed by atoms with E-state index in [1.807, 2.05) is 0 Å². The quantitative estimate of drug-likeness (QED) is 0.571. The van der Waals surface area contributed by atoms with E-state index in [1.165, 1.54) is 24.8 Å². The summed E-state index contributed by atoms with van der Waals surface area (Å²) in [5, 5.41) is 0. The van der Waals surface area contributed by atoms with Crippen LogP contribution in [-0.4, -0.2) is 0 Å². The van der Waals surface area contributed by atoms with Crippen LogP contribution in [0.5, 0.6) is 0 Å². The van der Waals surface area contributed by atoms with E-state index in [0.29, 0.717) is 5.41 Å². The van der Waals surface area contributed by atoms with Crippen molar-refractivity contribution < 1.29 is 0 Å². The predicted octanol–water partition coefficient (Wildman–Crippen LogP) is 3.13. The fraction of sp³-hybridized carbons (Fsp3) is 0.455. The van der Waals surface area contributed by atoms with E-state index in [1.54, 1.807) is 0 Å². The molecule has 1 aliphatic rings. The lowest BCUT2D eigenvalue weighted by atomic mass is 9.66. The van der Waals surface area contributed by atoms with E-state index < -0.39 is 0 Å². The molecule has 0 saturated heterocycles. The summed E-state index contributed by atoms with van der Waals surface area (Å²) in [7, 11) is 0. The minimum absolute atomic E-state index is 0.515. The first-order valence-corrected chi connectivity index (χ1v) is 4.37. The lowest BCUT2D eigenvalue weighted by Gasteiger charge is -2.38. The van der Waals surface area contributed by atoms with Crippen molar-refractivity contribution in [3.63, 3.8) is 0 Å². The highest BCUT2D eigenvalue weighted by Gasteiger charge is 2.32. The Labute approximate surface area is 68.3 Å². The van der Waals surface area contributed by atoms with Crippen molar-refractivity contribution in [1.82, 2.24) is 0 Å². The van der Waals surface area contributed by atoms with Gasteiger partial charge in [-0.2, -0.15) is 0 Å². The molecule has 0 unspecified atom stereocenters. The van der Waals surface area contributed by atoms with Crippen LogP contribution in [0.4, 0.5) is 0 Å². The smallest absolute Gasteiger partial charge is 0.00752 e. The SMILES string of the molecule is CC1(c2ccccc2)CCC1. The largest absolute Gasteiger partial charge is 0.0622 e. The Bertz CT molecular complexity index is 231. The summed E-state index contributed by atoms with van der Waals surface area (Å²) in [6, 6.07) is 10.9. The van der Waals surface area contributed by atoms with E-state index in [0.717, 1.165) is 0 Å². The van der Waals surface area contributed by atoms with E-state index in [-0.39, 0.29) is 0 Å². The van der Waals surface area contributed by atoms with Crippen LogP contribution in [0.25, 0.3) is 0 Å². The third-order valence-electron chi connectivity index (χ3n) is 2.93. The van der Waals surface area contributed by atoms with Gasteiger partial charge in [0.15, 0.2) is 0 Å². The Morgan fingerprint density at radius 2 is 1.73 bits per heavy atom. The van der Waals surface area contributed by atoms with Crippen molar-refractivity contribution in [2.75, 3.05) is 0 Å². The molecule has 0 aliphatic heterocycles. The summed E-state index contributed by atoms with van der Waals surface area (Å²) in [4.78, 5) is 0. The average molecular weight is 146 g/mol. The maximum Gasteiger partial charge on any atom is -0.00752 e. The van der Waals surface area contributed by atoms with Gasteiger partial charge < -0.3 is 0 Å². The Morgan fingerprint density at radius 3 is 2.18 bits per heavy atom. The molecule has 2 rings (SSSR count). The van der Waals surface area contributed by atoms with Crippen molar-refractivity contribution in [3.8, 4) is 0 Å². The van der Waals surface area contributed by atoms with Crippen molar-refractivity contribution in [2.24, 2.45) is 0 Å². The van der Waals surface area contributed by atoms with E-state index in [4.69, 9.17) is 0 Å². The van der Waals surface area contributed by atoms with Gasteiger partial charge in [0.25, 0.3) is 0 Å². The molecular weight excluding hydrogens is 132 g/mol. The second kappa shape index (κ2) is 2.37. The van der Waals surface area contributed by atoms with Gasteiger partial charge in [0.2, 0.25) is 0 Å². The van der Waals surface area contributed by atoms with E-state index in [2.05, 4.69) is 37.3 Å². The second-order valence-corrected chi connectivity index (χ2v) is 3.78. The molecule has 0 heteroatoms.